The highest BCUT2D eigenvalue weighted by Gasteiger charge is 2.17. The van der Waals surface area contributed by atoms with Gasteiger partial charge >= 0.3 is 5.97 Å². The molecule has 0 saturated carbocycles. The number of carbonyl (C=O) groups excluding carboxylic acids is 1. The Labute approximate surface area is 134 Å². The van der Waals surface area contributed by atoms with Crippen molar-refractivity contribution in [2.45, 2.75) is 25.8 Å². The predicted octanol–water partition coefficient (Wildman–Crippen LogP) is 2.26. The second-order valence-electron chi connectivity index (χ2n) is 5.78. The average molecular weight is 313 g/mol. The number of carboxylic acids is 1. The van der Waals surface area contributed by atoms with Crippen LogP contribution in [0.1, 0.15) is 45.5 Å². The van der Waals surface area contributed by atoms with Gasteiger partial charge in [0.2, 0.25) is 0 Å². The van der Waals surface area contributed by atoms with Gasteiger partial charge in [0.1, 0.15) is 0 Å². The van der Waals surface area contributed by atoms with Gasteiger partial charge in [0.15, 0.2) is 0 Å². The van der Waals surface area contributed by atoms with E-state index in [1.165, 1.54) is 18.8 Å². The van der Waals surface area contributed by atoms with Crippen molar-refractivity contribution in [1.29, 1.82) is 0 Å². The SMILES string of the molecule is O=C(O)c1cnn(Cc2ccc(C(=O)N3CCCCC3)cc2)c1. The molecular weight excluding hydrogens is 294 g/mol. The van der Waals surface area contributed by atoms with Gasteiger partial charge in [-0.2, -0.15) is 5.10 Å². The van der Waals surface area contributed by atoms with Crippen LogP contribution in [-0.4, -0.2) is 44.8 Å². The number of nitrogens with zero attached hydrogens (tertiary/aromatic N) is 3. The highest BCUT2D eigenvalue weighted by atomic mass is 16.4. The predicted molar refractivity (Wildman–Crippen MR) is 84.5 cm³/mol. The second kappa shape index (κ2) is 6.64. The third kappa shape index (κ3) is 3.59. The first-order chi connectivity index (χ1) is 11.1. The van der Waals surface area contributed by atoms with Crippen molar-refractivity contribution in [2.24, 2.45) is 0 Å². The number of hydrogen-bond acceptors (Lipinski definition) is 3. The lowest BCUT2D eigenvalue weighted by Gasteiger charge is -2.26. The van der Waals surface area contributed by atoms with Crippen LogP contribution in [0.25, 0.3) is 0 Å². The summed E-state index contributed by atoms with van der Waals surface area (Å²) in [5, 5.41) is 12.9. The molecule has 1 N–H and O–H groups in total. The van der Waals surface area contributed by atoms with Crippen LogP contribution in [0.5, 0.6) is 0 Å². The van der Waals surface area contributed by atoms with Gasteiger partial charge in [0.05, 0.1) is 18.3 Å². The largest absolute Gasteiger partial charge is 0.478 e. The quantitative estimate of drug-likeness (QED) is 0.939. The lowest BCUT2D eigenvalue weighted by atomic mass is 10.1. The van der Waals surface area contributed by atoms with E-state index in [2.05, 4.69) is 5.10 Å². The molecule has 6 nitrogen and oxygen atoms in total. The van der Waals surface area contributed by atoms with Gasteiger partial charge in [-0.3, -0.25) is 9.48 Å². The molecule has 1 aromatic heterocycles. The van der Waals surface area contributed by atoms with Crippen molar-refractivity contribution in [2.75, 3.05) is 13.1 Å². The van der Waals surface area contributed by atoms with Crippen LogP contribution in [-0.2, 0) is 6.54 Å². The van der Waals surface area contributed by atoms with Gasteiger partial charge in [-0.15, -0.1) is 0 Å². The molecule has 1 amide bonds. The minimum atomic E-state index is -0.987. The summed E-state index contributed by atoms with van der Waals surface area (Å²) in [6.07, 6.45) is 6.18. The molecule has 0 bridgehead atoms. The Morgan fingerprint density at radius 2 is 1.74 bits per heavy atom. The van der Waals surface area contributed by atoms with Crippen LogP contribution < -0.4 is 0 Å². The monoisotopic (exact) mass is 313 g/mol. The molecule has 6 heteroatoms. The van der Waals surface area contributed by atoms with Crippen molar-refractivity contribution >= 4 is 11.9 Å². The van der Waals surface area contributed by atoms with Gasteiger partial charge in [0.25, 0.3) is 5.91 Å². The van der Waals surface area contributed by atoms with Crippen molar-refractivity contribution in [3.05, 3.63) is 53.3 Å². The molecular formula is C17H19N3O3. The van der Waals surface area contributed by atoms with Crippen LogP contribution in [0.15, 0.2) is 36.7 Å². The first-order valence-electron chi connectivity index (χ1n) is 7.77. The lowest BCUT2D eigenvalue weighted by Crippen LogP contribution is -2.35. The van der Waals surface area contributed by atoms with Crippen molar-refractivity contribution < 1.29 is 14.7 Å². The zero-order chi connectivity index (χ0) is 16.2. The number of hydrogen-bond donors (Lipinski definition) is 1. The number of piperidine rings is 1. The summed E-state index contributed by atoms with van der Waals surface area (Å²) in [7, 11) is 0. The molecule has 23 heavy (non-hydrogen) atoms. The molecule has 120 valence electrons. The molecule has 0 unspecified atom stereocenters. The standard InChI is InChI=1S/C17H19N3O3/c21-16(19-8-2-1-3-9-19)14-6-4-13(5-7-14)11-20-12-15(10-18-20)17(22)23/h4-7,10,12H,1-3,8-9,11H2,(H,22,23). The normalized spacial score (nSPS) is 14.7. The van der Waals surface area contributed by atoms with E-state index in [1.54, 1.807) is 4.68 Å². The zero-order valence-electron chi connectivity index (χ0n) is 12.8. The molecule has 0 aliphatic carbocycles. The minimum absolute atomic E-state index is 0.0866. The van der Waals surface area contributed by atoms with Crippen molar-refractivity contribution in [3.8, 4) is 0 Å². The number of carboxylic acid groups (broad SMARTS) is 1. The molecule has 3 rings (SSSR count). The Bertz CT molecular complexity index is 700. The number of amides is 1. The summed E-state index contributed by atoms with van der Waals surface area (Å²) in [5.41, 5.74) is 1.84. The number of rotatable bonds is 4. The molecule has 2 aromatic rings. The van der Waals surface area contributed by atoms with Crippen molar-refractivity contribution in [1.82, 2.24) is 14.7 Å². The number of benzene rings is 1. The Morgan fingerprint density at radius 1 is 1.04 bits per heavy atom. The Kier molecular flexibility index (Phi) is 4.41. The maximum atomic E-state index is 12.4. The van der Waals surface area contributed by atoms with Crippen molar-refractivity contribution in [3.63, 3.8) is 0 Å². The second-order valence-corrected chi connectivity index (χ2v) is 5.78. The van der Waals surface area contributed by atoms with Crippen LogP contribution in [0.2, 0.25) is 0 Å². The summed E-state index contributed by atoms with van der Waals surface area (Å²) in [4.78, 5) is 25.1. The maximum Gasteiger partial charge on any atom is 0.338 e. The van der Waals surface area contributed by atoms with Crippen LogP contribution in [0.4, 0.5) is 0 Å². The lowest BCUT2D eigenvalue weighted by molar-refractivity contribution is 0.0694. The average Bonchev–Trinajstić information content (AvgIpc) is 3.04. The van der Waals surface area contributed by atoms with E-state index in [9.17, 15) is 9.59 Å². The summed E-state index contributed by atoms with van der Waals surface area (Å²) in [6, 6.07) is 7.43. The molecule has 0 radical (unpaired) electrons. The highest BCUT2D eigenvalue weighted by Crippen LogP contribution is 2.14. The van der Waals surface area contributed by atoms with E-state index < -0.39 is 5.97 Å². The van der Waals surface area contributed by atoms with Crippen LogP contribution >= 0.6 is 0 Å². The summed E-state index contributed by atoms with van der Waals surface area (Å²) >= 11 is 0. The topological polar surface area (TPSA) is 75.4 Å². The maximum absolute atomic E-state index is 12.4. The van der Waals surface area contributed by atoms with Gasteiger partial charge in [-0.25, -0.2) is 4.79 Å². The van der Waals surface area contributed by atoms with E-state index in [0.29, 0.717) is 12.1 Å². The summed E-state index contributed by atoms with van der Waals surface area (Å²) in [6.45, 7) is 2.16. The molecule has 0 atom stereocenters. The fourth-order valence-corrected chi connectivity index (χ4v) is 2.78. The zero-order valence-corrected chi connectivity index (χ0v) is 12.8. The molecule has 1 aromatic carbocycles. The Hall–Kier alpha value is -2.63. The minimum Gasteiger partial charge on any atom is -0.478 e. The third-order valence-corrected chi connectivity index (χ3v) is 4.07. The highest BCUT2D eigenvalue weighted by molar-refractivity contribution is 5.94. The summed E-state index contributed by atoms with van der Waals surface area (Å²) < 4.78 is 1.57. The van der Waals surface area contributed by atoms with Gasteiger partial charge in [-0.05, 0) is 37.0 Å². The number of aromatic nitrogens is 2. The third-order valence-electron chi connectivity index (χ3n) is 4.07. The van der Waals surface area contributed by atoms with E-state index in [1.807, 2.05) is 29.2 Å². The fourth-order valence-electron chi connectivity index (χ4n) is 2.78. The fraction of sp³-hybridized carbons (Fsp3) is 0.353. The summed E-state index contributed by atoms with van der Waals surface area (Å²) in [5.74, 6) is -0.901. The molecule has 1 saturated heterocycles. The Balaban J connectivity index is 1.66. The van der Waals surface area contributed by atoms with Gasteiger partial charge < -0.3 is 10.0 Å². The number of carbonyl (C=O) groups is 2. The van der Waals surface area contributed by atoms with Gasteiger partial charge in [0, 0.05) is 24.8 Å². The van der Waals surface area contributed by atoms with E-state index in [0.717, 1.165) is 31.5 Å². The molecule has 1 fully saturated rings. The first kappa shape index (κ1) is 15.3. The first-order valence-corrected chi connectivity index (χ1v) is 7.77. The Morgan fingerprint density at radius 3 is 2.35 bits per heavy atom. The molecule has 1 aliphatic rings. The number of aromatic carboxylic acids is 1. The van der Waals surface area contributed by atoms with E-state index >= 15 is 0 Å². The molecule has 2 heterocycles. The smallest absolute Gasteiger partial charge is 0.338 e. The number of likely N-dealkylation sites (tertiary alicyclic amines) is 1. The molecule has 1 aliphatic heterocycles. The molecule has 0 spiro atoms. The van der Waals surface area contributed by atoms with E-state index in [4.69, 9.17) is 5.11 Å². The van der Waals surface area contributed by atoms with Gasteiger partial charge in [-0.1, -0.05) is 12.1 Å². The van der Waals surface area contributed by atoms with E-state index in [-0.39, 0.29) is 11.5 Å². The van der Waals surface area contributed by atoms with Crippen LogP contribution in [0, 0.1) is 0 Å². The van der Waals surface area contributed by atoms with Crippen LogP contribution in [0.3, 0.4) is 0 Å².